The smallest absolute Gasteiger partial charge is 0.275 e. The molecule has 0 saturated carbocycles. The van der Waals surface area contributed by atoms with E-state index in [1.165, 1.54) is 12.6 Å². The van der Waals surface area contributed by atoms with Gasteiger partial charge in [0.2, 0.25) is 5.43 Å². The Labute approximate surface area is 189 Å². The molecule has 8 nitrogen and oxygen atoms in total. The van der Waals surface area contributed by atoms with Crippen molar-refractivity contribution in [1.82, 2.24) is 19.7 Å². The summed E-state index contributed by atoms with van der Waals surface area (Å²) in [5.41, 5.74) is 0.518. The van der Waals surface area contributed by atoms with Gasteiger partial charge in [0.25, 0.3) is 11.8 Å². The highest BCUT2D eigenvalue weighted by atomic mass is 31.0. The van der Waals surface area contributed by atoms with Crippen LogP contribution in [0, 0.1) is 0 Å². The molecule has 170 valence electrons. The zero-order valence-corrected chi connectivity index (χ0v) is 19.4. The normalized spacial score (nSPS) is 23.0. The number of fused-ring (bicyclic) bond motifs is 4. The van der Waals surface area contributed by atoms with Crippen molar-refractivity contribution in [1.29, 1.82) is 0 Å². The molecule has 0 aromatic carbocycles. The van der Waals surface area contributed by atoms with Gasteiger partial charge in [-0.2, -0.15) is 0 Å². The van der Waals surface area contributed by atoms with E-state index in [1.54, 1.807) is 16.7 Å². The third-order valence-electron chi connectivity index (χ3n) is 6.40. The summed E-state index contributed by atoms with van der Waals surface area (Å²) in [5, 5.41) is 2.78. The maximum Gasteiger partial charge on any atom is 0.275 e. The topological polar surface area (TPSA) is 83.9 Å². The Hall–Kier alpha value is -2.70. The lowest BCUT2D eigenvalue weighted by atomic mass is 10.0. The lowest BCUT2D eigenvalue weighted by molar-refractivity contribution is 0.0454. The Morgan fingerprint density at radius 1 is 1.31 bits per heavy atom. The van der Waals surface area contributed by atoms with Crippen molar-refractivity contribution < 1.29 is 14.1 Å². The number of carbonyl (C=O) groups is 2. The monoisotopic (exact) mass is 456 g/mol. The summed E-state index contributed by atoms with van der Waals surface area (Å²) in [6.45, 7) is 7.92. The molecule has 32 heavy (non-hydrogen) atoms. The number of piperidine rings is 1. The van der Waals surface area contributed by atoms with Gasteiger partial charge in [-0.05, 0) is 19.8 Å². The summed E-state index contributed by atoms with van der Waals surface area (Å²) >= 11 is 0. The number of aromatic nitrogens is 1. The highest BCUT2D eigenvalue weighted by Crippen LogP contribution is 2.35. The van der Waals surface area contributed by atoms with Gasteiger partial charge in [-0.15, -0.1) is 0 Å². The Kier molecular flexibility index (Phi) is 6.63. The number of amides is 2. The van der Waals surface area contributed by atoms with E-state index in [1.807, 2.05) is 33.4 Å². The van der Waals surface area contributed by atoms with Crippen molar-refractivity contribution in [3.63, 3.8) is 0 Å². The second-order valence-electron chi connectivity index (χ2n) is 8.46. The molecule has 0 spiro atoms. The van der Waals surface area contributed by atoms with E-state index < -0.39 is 11.3 Å². The summed E-state index contributed by atoms with van der Waals surface area (Å²) in [4.78, 5) is 43.4. The Bertz CT molecular complexity index is 1060. The van der Waals surface area contributed by atoms with E-state index in [4.69, 9.17) is 4.52 Å². The van der Waals surface area contributed by atoms with Crippen LogP contribution in [0.3, 0.4) is 0 Å². The average Bonchev–Trinajstić information content (AvgIpc) is 3.17. The van der Waals surface area contributed by atoms with Crippen LogP contribution in [0.4, 0.5) is 0 Å². The summed E-state index contributed by atoms with van der Waals surface area (Å²) in [6.07, 6.45) is 12.0. The SMILES string of the molecule is C=C/C=C\C=C(/C)CNC(=O)c1cn2c(c(OP)c1=O)C(=O)N1C[C@H]3CCCCN3[C@H]1C2. The average molecular weight is 456 g/mol. The third kappa shape index (κ3) is 4.05. The minimum atomic E-state index is -0.583. The van der Waals surface area contributed by atoms with E-state index in [0.29, 0.717) is 25.7 Å². The van der Waals surface area contributed by atoms with Crippen molar-refractivity contribution in [2.24, 2.45) is 0 Å². The van der Waals surface area contributed by atoms with Crippen molar-refractivity contribution in [2.75, 3.05) is 19.6 Å². The van der Waals surface area contributed by atoms with Gasteiger partial charge in [0.15, 0.2) is 11.4 Å². The van der Waals surface area contributed by atoms with Crippen molar-refractivity contribution in [2.45, 2.75) is 44.9 Å². The van der Waals surface area contributed by atoms with Gasteiger partial charge in [-0.25, -0.2) is 0 Å². The van der Waals surface area contributed by atoms with Crippen molar-refractivity contribution in [3.8, 4) is 5.75 Å². The quantitative estimate of drug-likeness (QED) is 0.524. The molecule has 1 aromatic rings. The maximum absolute atomic E-state index is 13.3. The van der Waals surface area contributed by atoms with E-state index in [0.717, 1.165) is 25.0 Å². The molecule has 4 rings (SSSR count). The molecule has 0 radical (unpaired) electrons. The van der Waals surface area contributed by atoms with Crippen LogP contribution in [-0.4, -0.2) is 58.0 Å². The van der Waals surface area contributed by atoms with Gasteiger partial charge in [-0.3, -0.25) is 19.3 Å². The first-order chi connectivity index (χ1) is 15.5. The molecule has 0 aliphatic carbocycles. The zero-order valence-electron chi connectivity index (χ0n) is 18.3. The molecular formula is C23H29N4O4P. The van der Waals surface area contributed by atoms with Gasteiger partial charge in [0.1, 0.15) is 11.7 Å². The highest BCUT2D eigenvalue weighted by molar-refractivity contribution is 7.10. The highest BCUT2D eigenvalue weighted by Gasteiger charge is 2.47. The van der Waals surface area contributed by atoms with Crippen LogP contribution in [-0.2, 0) is 6.54 Å². The molecule has 4 heterocycles. The molecule has 2 amide bonds. The number of nitrogens with zero attached hydrogens (tertiary/aromatic N) is 3. The van der Waals surface area contributed by atoms with Crippen LogP contribution in [0.1, 0.15) is 47.0 Å². The lowest BCUT2D eigenvalue weighted by Gasteiger charge is -2.38. The Morgan fingerprint density at radius 3 is 2.88 bits per heavy atom. The van der Waals surface area contributed by atoms with Gasteiger partial charge in [0.05, 0.1) is 16.0 Å². The fourth-order valence-corrected chi connectivity index (χ4v) is 5.04. The first-order valence-electron chi connectivity index (χ1n) is 10.9. The Morgan fingerprint density at radius 2 is 2.12 bits per heavy atom. The second-order valence-corrected chi connectivity index (χ2v) is 8.70. The summed E-state index contributed by atoms with van der Waals surface area (Å²) < 4.78 is 6.99. The van der Waals surface area contributed by atoms with Gasteiger partial charge < -0.3 is 19.3 Å². The summed E-state index contributed by atoms with van der Waals surface area (Å²) in [6, 6.07) is 0.354. The predicted octanol–water partition coefficient (Wildman–Crippen LogP) is 2.09. The fraction of sp³-hybridized carbons (Fsp3) is 0.435. The Balaban J connectivity index is 1.62. The molecule has 1 unspecified atom stereocenters. The second kappa shape index (κ2) is 9.43. The number of nitrogens with one attached hydrogen (secondary N) is 1. The molecule has 3 aliphatic rings. The van der Waals surface area contributed by atoms with E-state index in [2.05, 4.69) is 16.8 Å². The van der Waals surface area contributed by atoms with Crippen molar-refractivity contribution >= 4 is 21.3 Å². The summed E-state index contributed by atoms with van der Waals surface area (Å²) in [5.74, 6) is -0.812. The number of carbonyl (C=O) groups excluding carboxylic acids is 2. The number of allylic oxidation sites excluding steroid dienone is 4. The molecule has 0 bridgehead atoms. The molecule has 2 saturated heterocycles. The zero-order chi connectivity index (χ0) is 22.8. The standard InChI is InChI=1S/C23H29N4O4P/c1-3-4-5-8-15(2)11-24-22(29)17-13-25-14-18-26-10-7-6-9-16(26)12-27(18)23(30)19(25)21(31-32)20(17)28/h3-5,8,13,16,18H,1,6-7,9-12,14,32H2,2H3,(H,24,29)/b5-4-,15-8+/t16-,18-/m1/s1. The fourth-order valence-electron chi connectivity index (χ4n) is 4.82. The molecule has 9 heteroatoms. The molecule has 3 aliphatic heterocycles. The summed E-state index contributed by atoms with van der Waals surface area (Å²) in [7, 11) is 2.04. The maximum atomic E-state index is 13.3. The van der Waals surface area contributed by atoms with Crippen LogP contribution in [0.2, 0.25) is 0 Å². The third-order valence-corrected chi connectivity index (χ3v) is 6.64. The van der Waals surface area contributed by atoms with Gasteiger partial charge in [-0.1, -0.05) is 42.9 Å². The molecule has 2 fully saturated rings. The first-order valence-corrected chi connectivity index (χ1v) is 11.4. The molecular weight excluding hydrogens is 427 g/mol. The largest absolute Gasteiger partial charge is 0.474 e. The number of pyridine rings is 1. The van der Waals surface area contributed by atoms with Crippen molar-refractivity contribution in [3.05, 3.63) is 64.1 Å². The molecule has 1 aromatic heterocycles. The molecule has 3 atom stereocenters. The van der Waals surface area contributed by atoms with Crippen LogP contribution in [0.5, 0.6) is 5.75 Å². The first kappa shape index (κ1) is 22.5. The lowest BCUT2D eigenvalue weighted by Crippen LogP contribution is -2.51. The van der Waals surface area contributed by atoms with Crippen LogP contribution in [0.25, 0.3) is 0 Å². The minimum absolute atomic E-state index is 0.0323. The minimum Gasteiger partial charge on any atom is -0.474 e. The number of hydrogen-bond donors (Lipinski definition) is 1. The van der Waals surface area contributed by atoms with Gasteiger partial charge >= 0.3 is 0 Å². The number of hydrogen-bond acceptors (Lipinski definition) is 5. The van der Waals surface area contributed by atoms with Gasteiger partial charge in [0, 0.05) is 31.9 Å². The van der Waals surface area contributed by atoms with E-state index in [-0.39, 0.29) is 29.1 Å². The van der Waals surface area contributed by atoms with E-state index in [9.17, 15) is 14.4 Å². The van der Waals surface area contributed by atoms with E-state index >= 15 is 0 Å². The van der Waals surface area contributed by atoms with Crippen LogP contribution < -0.4 is 15.3 Å². The molecule has 1 N–H and O–H groups in total. The van der Waals surface area contributed by atoms with Crippen LogP contribution in [0.15, 0.2) is 47.4 Å². The number of rotatable bonds is 6. The van der Waals surface area contributed by atoms with Crippen LogP contribution >= 0.6 is 9.47 Å². The predicted molar refractivity (Wildman–Crippen MR) is 126 cm³/mol.